The van der Waals surface area contributed by atoms with Crippen LogP contribution in [0.15, 0.2) is 0 Å². The van der Waals surface area contributed by atoms with Crippen LogP contribution in [0.1, 0.15) is 26.7 Å². The van der Waals surface area contributed by atoms with Crippen LogP contribution >= 0.6 is 0 Å². The van der Waals surface area contributed by atoms with E-state index >= 15 is 0 Å². The molecular weight excluding hydrogens is 230 g/mol. The summed E-state index contributed by atoms with van der Waals surface area (Å²) in [6, 6.07) is 0.131. The fraction of sp³-hybridized carbons (Fsp3) is 0.846. The summed E-state index contributed by atoms with van der Waals surface area (Å²) in [6.07, 6.45) is 1.95. The molecule has 2 amide bonds. The molecule has 5 heteroatoms. The summed E-state index contributed by atoms with van der Waals surface area (Å²) in [6.45, 7) is 6.97. The van der Waals surface area contributed by atoms with Crippen molar-refractivity contribution < 1.29 is 9.59 Å². The van der Waals surface area contributed by atoms with Crippen LogP contribution in [0.3, 0.4) is 0 Å². The number of nitrogens with zero attached hydrogens (tertiary/aromatic N) is 1. The van der Waals surface area contributed by atoms with Gasteiger partial charge in [0.2, 0.25) is 11.8 Å². The second-order valence-corrected chi connectivity index (χ2v) is 5.53. The zero-order valence-corrected chi connectivity index (χ0v) is 11.2. The fourth-order valence-electron chi connectivity index (χ4n) is 2.74. The highest BCUT2D eigenvalue weighted by Crippen LogP contribution is 2.21. The molecule has 0 aliphatic carbocycles. The summed E-state index contributed by atoms with van der Waals surface area (Å²) in [7, 11) is 0. The zero-order chi connectivity index (χ0) is 13.1. The van der Waals surface area contributed by atoms with Gasteiger partial charge in [-0.05, 0) is 31.8 Å². The third kappa shape index (κ3) is 3.02. The number of hydrogen-bond donors (Lipinski definition) is 2. The molecule has 2 atom stereocenters. The summed E-state index contributed by atoms with van der Waals surface area (Å²) < 4.78 is 0. The van der Waals surface area contributed by atoms with E-state index in [1.54, 1.807) is 0 Å². The number of rotatable bonds is 3. The Morgan fingerprint density at radius 2 is 2.11 bits per heavy atom. The Kier molecular flexibility index (Phi) is 4.22. The largest absolute Gasteiger partial charge is 0.352 e. The van der Waals surface area contributed by atoms with E-state index in [1.165, 1.54) is 6.92 Å². The maximum Gasteiger partial charge on any atom is 0.225 e. The van der Waals surface area contributed by atoms with Crippen LogP contribution in [-0.4, -0.2) is 48.9 Å². The van der Waals surface area contributed by atoms with E-state index in [0.717, 1.165) is 32.5 Å². The number of nitrogens with one attached hydrogen (secondary N) is 2. The summed E-state index contributed by atoms with van der Waals surface area (Å²) in [5.41, 5.74) is 0. The second kappa shape index (κ2) is 5.69. The van der Waals surface area contributed by atoms with Gasteiger partial charge in [-0.25, -0.2) is 0 Å². The molecule has 0 aromatic heterocycles. The standard InChI is InChI=1S/C13H23N3O2/c1-9(11-6-14-7-11)13(18)16-5-3-4-12(8-16)15-10(2)17/h9,11-12,14H,3-8H2,1-2H3,(H,15,17). The van der Waals surface area contributed by atoms with E-state index in [4.69, 9.17) is 0 Å². The molecule has 0 saturated carbocycles. The molecule has 2 aliphatic heterocycles. The molecule has 0 bridgehead atoms. The summed E-state index contributed by atoms with van der Waals surface area (Å²) >= 11 is 0. The minimum absolute atomic E-state index is 0.00876. The number of likely N-dealkylation sites (tertiary alicyclic amines) is 1. The third-order valence-corrected chi connectivity index (χ3v) is 4.05. The van der Waals surface area contributed by atoms with Gasteiger partial charge in [0.15, 0.2) is 0 Å². The highest BCUT2D eigenvalue weighted by molar-refractivity contribution is 5.79. The SMILES string of the molecule is CC(=O)NC1CCCN(C(=O)C(C)C2CNC2)C1. The molecule has 0 spiro atoms. The van der Waals surface area contributed by atoms with Gasteiger partial charge < -0.3 is 15.5 Å². The molecule has 2 unspecified atom stereocenters. The minimum atomic E-state index is -0.00876. The van der Waals surface area contributed by atoms with Crippen LogP contribution in [0.5, 0.6) is 0 Å². The molecule has 2 aliphatic rings. The molecular formula is C13H23N3O2. The third-order valence-electron chi connectivity index (χ3n) is 4.05. The first-order valence-corrected chi connectivity index (χ1v) is 6.84. The molecule has 102 valence electrons. The normalized spacial score (nSPS) is 26.3. The van der Waals surface area contributed by atoms with Crippen molar-refractivity contribution in [2.45, 2.75) is 32.7 Å². The van der Waals surface area contributed by atoms with Gasteiger partial charge in [-0.2, -0.15) is 0 Å². The Labute approximate surface area is 108 Å². The first-order valence-electron chi connectivity index (χ1n) is 6.84. The van der Waals surface area contributed by atoms with E-state index in [0.29, 0.717) is 12.5 Å². The Morgan fingerprint density at radius 1 is 1.39 bits per heavy atom. The number of carbonyl (C=O) groups excluding carboxylic acids is 2. The van der Waals surface area contributed by atoms with Crippen molar-refractivity contribution in [1.82, 2.24) is 15.5 Å². The van der Waals surface area contributed by atoms with Gasteiger partial charge in [0.25, 0.3) is 0 Å². The van der Waals surface area contributed by atoms with Gasteiger partial charge >= 0.3 is 0 Å². The second-order valence-electron chi connectivity index (χ2n) is 5.53. The van der Waals surface area contributed by atoms with Crippen molar-refractivity contribution in [3.05, 3.63) is 0 Å². The van der Waals surface area contributed by atoms with Gasteiger partial charge in [-0.1, -0.05) is 6.92 Å². The lowest BCUT2D eigenvalue weighted by molar-refractivity contribution is -0.139. The topological polar surface area (TPSA) is 61.4 Å². The van der Waals surface area contributed by atoms with E-state index in [9.17, 15) is 9.59 Å². The van der Waals surface area contributed by atoms with Gasteiger partial charge in [0, 0.05) is 32.0 Å². The molecule has 18 heavy (non-hydrogen) atoms. The Balaban J connectivity index is 1.87. The summed E-state index contributed by atoms with van der Waals surface area (Å²) in [5, 5.41) is 6.12. The van der Waals surface area contributed by atoms with Crippen molar-refractivity contribution in [3.8, 4) is 0 Å². The quantitative estimate of drug-likeness (QED) is 0.742. The highest BCUT2D eigenvalue weighted by Gasteiger charge is 2.33. The molecule has 2 fully saturated rings. The van der Waals surface area contributed by atoms with Crippen molar-refractivity contribution in [2.24, 2.45) is 11.8 Å². The van der Waals surface area contributed by atoms with Crippen LogP contribution in [0.4, 0.5) is 0 Å². The average molecular weight is 253 g/mol. The first-order chi connectivity index (χ1) is 8.58. The predicted molar refractivity (Wildman–Crippen MR) is 68.9 cm³/mol. The summed E-state index contributed by atoms with van der Waals surface area (Å²) in [5.74, 6) is 0.822. The highest BCUT2D eigenvalue weighted by atomic mass is 16.2. The van der Waals surface area contributed by atoms with Crippen LogP contribution in [0.2, 0.25) is 0 Å². The van der Waals surface area contributed by atoms with Crippen molar-refractivity contribution in [3.63, 3.8) is 0 Å². The lowest BCUT2D eigenvalue weighted by atomic mass is 9.87. The molecule has 5 nitrogen and oxygen atoms in total. The van der Waals surface area contributed by atoms with Gasteiger partial charge in [-0.3, -0.25) is 9.59 Å². The molecule has 2 heterocycles. The molecule has 2 N–H and O–H groups in total. The van der Waals surface area contributed by atoms with E-state index in [2.05, 4.69) is 10.6 Å². The lowest BCUT2D eigenvalue weighted by Crippen LogP contribution is -2.54. The van der Waals surface area contributed by atoms with Crippen LogP contribution < -0.4 is 10.6 Å². The molecule has 2 rings (SSSR count). The van der Waals surface area contributed by atoms with Crippen LogP contribution in [0, 0.1) is 11.8 Å². The summed E-state index contributed by atoms with van der Waals surface area (Å²) in [4.78, 5) is 25.3. The minimum Gasteiger partial charge on any atom is -0.352 e. The predicted octanol–water partition coefficient (Wildman–Crippen LogP) is -0.0310. The van der Waals surface area contributed by atoms with Crippen molar-refractivity contribution in [1.29, 1.82) is 0 Å². The van der Waals surface area contributed by atoms with Crippen molar-refractivity contribution >= 4 is 11.8 Å². The maximum atomic E-state index is 12.3. The van der Waals surface area contributed by atoms with Gasteiger partial charge in [0.05, 0.1) is 0 Å². The number of hydrogen-bond acceptors (Lipinski definition) is 3. The van der Waals surface area contributed by atoms with Crippen LogP contribution in [0.25, 0.3) is 0 Å². The monoisotopic (exact) mass is 253 g/mol. The number of amides is 2. The number of piperidine rings is 1. The van der Waals surface area contributed by atoms with Crippen molar-refractivity contribution in [2.75, 3.05) is 26.2 Å². The van der Waals surface area contributed by atoms with E-state index < -0.39 is 0 Å². The Hall–Kier alpha value is -1.10. The average Bonchev–Trinajstić information content (AvgIpc) is 2.25. The number of carbonyl (C=O) groups is 2. The zero-order valence-electron chi connectivity index (χ0n) is 11.2. The van der Waals surface area contributed by atoms with Crippen LogP contribution in [-0.2, 0) is 9.59 Å². The molecule has 0 aromatic rings. The Bertz CT molecular complexity index is 328. The van der Waals surface area contributed by atoms with Gasteiger partial charge in [-0.15, -0.1) is 0 Å². The lowest BCUT2D eigenvalue weighted by Gasteiger charge is -2.38. The first kappa shape index (κ1) is 13.3. The molecule has 2 saturated heterocycles. The van der Waals surface area contributed by atoms with E-state index in [-0.39, 0.29) is 23.8 Å². The fourth-order valence-corrected chi connectivity index (χ4v) is 2.74. The maximum absolute atomic E-state index is 12.3. The smallest absolute Gasteiger partial charge is 0.225 e. The molecule has 0 radical (unpaired) electrons. The Morgan fingerprint density at radius 3 is 2.67 bits per heavy atom. The molecule has 0 aromatic carbocycles. The van der Waals surface area contributed by atoms with Gasteiger partial charge in [0.1, 0.15) is 0 Å². The van der Waals surface area contributed by atoms with E-state index in [1.807, 2.05) is 11.8 Å².